The lowest BCUT2D eigenvalue weighted by molar-refractivity contribution is 0.260. The van der Waals surface area contributed by atoms with E-state index in [1.54, 1.807) is 0 Å². The largest absolute Gasteiger partial charge is 0.464 e. The lowest BCUT2D eigenvalue weighted by Crippen LogP contribution is -2.18. The fourth-order valence-corrected chi connectivity index (χ4v) is 7.52. The first kappa shape index (κ1) is 27.8. The summed E-state index contributed by atoms with van der Waals surface area (Å²) in [6.07, 6.45) is 4.10. The van der Waals surface area contributed by atoms with E-state index in [1.165, 1.54) is 33.4 Å². The quantitative estimate of drug-likeness (QED) is 0.180. The molecule has 0 saturated carbocycles. The van der Waals surface area contributed by atoms with Gasteiger partial charge in [0.25, 0.3) is 0 Å². The summed E-state index contributed by atoms with van der Waals surface area (Å²) in [6, 6.07) is 49.5. The summed E-state index contributed by atoms with van der Waals surface area (Å²) in [5.74, 6) is 0.882. The van der Waals surface area contributed by atoms with Crippen molar-refractivity contribution in [3.8, 4) is 39.3 Å². The molecule has 4 heterocycles. The van der Waals surface area contributed by atoms with Gasteiger partial charge in [0.2, 0.25) is 0 Å². The van der Waals surface area contributed by atoms with E-state index in [4.69, 9.17) is 9.72 Å². The topological polar surface area (TPSA) is 58.2 Å². The Balaban J connectivity index is 0.985. The van der Waals surface area contributed by atoms with Gasteiger partial charge in [-0.3, -0.25) is 0 Å². The second-order valence-corrected chi connectivity index (χ2v) is 12.9. The number of nitrogens with one attached hydrogen (secondary N) is 3. The van der Waals surface area contributed by atoms with Gasteiger partial charge in [-0.1, -0.05) is 127 Å². The normalized spacial score (nSPS) is 16.7. The minimum atomic E-state index is -0.220. The molecule has 2 atom stereocenters. The Labute approximate surface area is 284 Å². The molecule has 7 aromatic rings. The number of hydrogen-bond donors (Lipinski definition) is 3. The summed E-state index contributed by atoms with van der Waals surface area (Å²) in [5.41, 5.74) is 15.8. The smallest absolute Gasteiger partial charge is 0.196 e. The molecular formula is C44H32N4O. The van der Waals surface area contributed by atoms with Gasteiger partial charge in [-0.25, -0.2) is 4.98 Å². The van der Waals surface area contributed by atoms with Gasteiger partial charge in [-0.2, -0.15) is 0 Å². The maximum atomic E-state index is 6.43. The first-order chi connectivity index (χ1) is 24.3. The van der Waals surface area contributed by atoms with Crippen molar-refractivity contribution in [1.82, 2.24) is 4.98 Å². The summed E-state index contributed by atoms with van der Waals surface area (Å²) in [4.78, 5) is 5.14. The highest BCUT2D eigenvalue weighted by molar-refractivity contribution is 5.97. The summed E-state index contributed by atoms with van der Waals surface area (Å²) in [7, 11) is 0. The van der Waals surface area contributed by atoms with Crippen LogP contribution >= 0.6 is 0 Å². The fourth-order valence-electron chi connectivity index (χ4n) is 7.52. The molecule has 10 rings (SSSR count). The Morgan fingerprint density at radius 2 is 1.47 bits per heavy atom. The van der Waals surface area contributed by atoms with E-state index in [2.05, 4.69) is 162 Å². The van der Waals surface area contributed by atoms with Crippen molar-refractivity contribution in [3.05, 3.63) is 168 Å². The maximum Gasteiger partial charge on any atom is 0.196 e. The number of para-hydroxylation sites is 1. The third kappa shape index (κ3) is 4.66. The number of pyridine rings is 1. The Hall–Kier alpha value is -6.33. The molecule has 3 N–H and O–H groups in total. The first-order valence-electron chi connectivity index (χ1n) is 16.8. The molecule has 1 aromatic heterocycles. The molecule has 2 unspecified atom stereocenters. The van der Waals surface area contributed by atoms with Crippen molar-refractivity contribution in [2.45, 2.75) is 12.3 Å². The van der Waals surface area contributed by atoms with Crippen LogP contribution in [0, 0.1) is 0 Å². The van der Waals surface area contributed by atoms with Crippen molar-refractivity contribution in [2.75, 3.05) is 22.5 Å². The van der Waals surface area contributed by atoms with Crippen LogP contribution in [0.4, 0.5) is 17.1 Å². The van der Waals surface area contributed by atoms with Crippen molar-refractivity contribution in [3.63, 3.8) is 0 Å². The molecule has 0 fully saturated rings. The minimum Gasteiger partial charge on any atom is -0.464 e. The van der Waals surface area contributed by atoms with E-state index in [0.29, 0.717) is 0 Å². The summed E-state index contributed by atoms with van der Waals surface area (Å²) in [6.45, 7) is 0.820. The van der Waals surface area contributed by atoms with Gasteiger partial charge in [0, 0.05) is 39.9 Å². The molecule has 6 aromatic carbocycles. The van der Waals surface area contributed by atoms with Crippen LogP contribution in [-0.4, -0.2) is 11.5 Å². The van der Waals surface area contributed by atoms with E-state index < -0.39 is 0 Å². The number of ether oxygens (including phenoxy) is 1. The van der Waals surface area contributed by atoms with E-state index in [-0.39, 0.29) is 12.3 Å². The highest BCUT2D eigenvalue weighted by Gasteiger charge is 2.33. The number of rotatable bonds is 4. The fraction of sp³-hybridized carbons (Fsp3) is 0.0682. The highest BCUT2D eigenvalue weighted by atomic mass is 16.5. The number of benzene rings is 6. The maximum absolute atomic E-state index is 6.43. The molecule has 0 amide bonds. The van der Waals surface area contributed by atoms with Crippen LogP contribution in [0.2, 0.25) is 0 Å². The third-order valence-electron chi connectivity index (χ3n) is 9.95. The Bertz CT molecular complexity index is 2430. The van der Waals surface area contributed by atoms with Gasteiger partial charge in [0.15, 0.2) is 6.23 Å². The lowest BCUT2D eigenvalue weighted by Gasteiger charge is -2.31. The minimum absolute atomic E-state index is 0.00987. The molecule has 234 valence electrons. The molecule has 0 aliphatic carbocycles. The first-order valence-corrected chi connectivity index (χ1v) is 16.8. The van der Waals surface area contributed by atoms with Gasteiger partial charge in [0.05, 0.1) is 28.6 Å². The molecule has 0 saturated heterocycles. The van der Waals surface area contributed by atoms with Gasteiger partial charge >= 0.3 is 0 Å². The van der Waals surface area contributed by atoms with Crippen LogP contribution in [0.1, 0.15) is 34.5 Å². The summed E-state index contributed by atoms with van der Waals surface area (Å²) in [5, 5.41) is 12.2. The molecule has 49 heavy (non-hydrogen) atoms. The lowest BCUT2D eigenvalue weighted by atomic mass is 9.85. The van der Waals surface area contributed by atoms with Gasteiger partial charge in [0.1, 0.15) is 5.75 Å². The predicted molar refractivity (Wildman–Crippen MR) is 201 cm³/mol. The van der Waals surface area contributed by atoms with E-state index in [0.717, 1.165) is 62.6 Å². The predicted octanol–water partition coefficient (Wildman–Crippen LogP) is 10.7. The number of nitrogens with zero attached hydrogens (tertiary/aromatic N) is 1. The van der Waals surface area contributed by atoms with Gasteiger partial charge in [-0.15, -0.1) is 0 Å². The zero-order valence-electron chi connectivity index (χ0n) is 26.7. The van der Waals surface area contributed by atoms with Crippen molar-refractivity contribution >= 4 is 34.0 Å². The Kier molecular flexibility index (Phi) is 6.31. The summed E-state index contributed by atoms with van der Waals surface area (Å²) < 4.78 is 6.43. The van der Waals surface area contributed by atoms with E-state index in [9.17, 15) is 0 Å². The van der Waals surface area contributed by atoms with Crippen LogP contribution in [-0.2, 0) is 0 Å². The number of aromatic nitrogens is 1. The summed E-state index contributed by atoms with van der Waals surface area (Å²) >= 11 is 0. The number of hydrogen-bond acceptors (Lipinski definition) is 5. The monoisotopic (exact) mass is 632 g/mol. The zero-order valence-corrected chi connectivity index (χ0v) is 26.7. The second kappa shape index (κ2) is 11.1. The molecule has 0 spiro atoms. The highest BCUT2D eigenvalue weighted by Crippen LogP contribution is 2.52. The van der Waals surface area contributed by atoms with Gasteiger partial charge in [-0.05, 0) is 52.1 Å². The van der Waals surface area contributed by atoms with Crippen LogP contribution in [0.25, 0.3) is 50.5 Å². The van der Waals surface area contributed by atoms with E-state index in [1.807, 2.05) is 6.07 Å². The average Bonchev–Trinajstić information content (AvgIpc) is 3.63. The molecule has 5 nitrogen and oxygen atoms in total. The van der Waals surface area contributed by atoms with Crippen molar-refractivity contribution in [1.29, 1.82) is 0 Å². The zero-order chi connectivity index (χ0) is 32.3. The standard InChI is InChI=1S/C44H32N4O/c1-2-8-31(9-3-1)44-48-43-38(49-44)24-22-35-39(43)34-13-4-5-14-37(34)47-40(35)29-17-15-27(16-18-29)32-10-6-11-33(26-32)36-23-21-30-20-19-28-12-7-25-45-41(28)42(30)46-36/h1-24,26,40,44-45,47-48H,25H2. The third-order valence-corrected chi connectivity index (χ3v) is 9.95. The number of fused-ring (bicyclic) bond motifs is 8. The average molecular weight is 633 g/mol. The molecule has 0 radical (unpaired) electrons. The molecular weight excluding hydrogens is 601 g/mol. The van der Waals surface area contributed by atoms with Crippen LogP contribution < -0.4 is 20.7 Å². The Morgan fingerprint density at radius 3 is 2.39 bits per heavy atom. The molecule has 3 aliphatic heterocycles. The van der Waals surface area contributed by atoms with Gasteiger partial charge < -0.3 is 20.7 Å². The Morgan fingerprint density at radius 1 is 0.633 bits per heavy atom. The van der Waals surface area contributed by atoms with Crippen molar-refractivity contribution < 1.29 is 4.74 Å². The molecule has 0 bridgehead atoms. The van der Waals surface area contributed by atoms with Crippen LogP contribution in [0.3, 0.4) is 0 Å². The van der Waals surface area contributed by atoms with Crippen LogP contribution in [0.5, 0.6) is 5.75 Å². The second-order valence-electron chi connectivity index (χ2n) is 12.9. The molecule has 5 heteroatoms. The SMILES string of the molecule is C1=Cc2ccc3ccc(-c4cccc(-c5ccc(C6Nc7ccccc7-c7c6ccc6c7NC(c7ccccc7)O6)cc5)c4)nc3c2NC1. The molecule has 3 aliphatic rings. The number of anilines is 3. The van der Waals surface area contributed by atoms with Crippen LogP contribution in [0.15, 0.2) is 146 Å². The van der Waals surface area contributed by atoms with Crippen molar-refractivity contribution in [2.24, 2.45) is 0 Å². The van der Waals surface area contributed by atoms with E-state index >= 15 is 0 Å².